The number of aromatic nitrogens is 3. The van der Waals surface area contributed by atoms with E-state index in [2.05, 4.69) is 69.7 Å². The van der Waals surface area contributed by atoms with E-state index in [4.69, 9.17) is 0 Å². The van der Waals surface area contributed by atoms with Gasteiger partial charge < -0.3 is 5.32 Å². The first-order valence-electron chi connectivity index (χ1n) is 7.99. The predicted molar refractivity (Wildman–Crippen MR) is 112 cm³/mol. The van der Waals surface area contributed by atoms with Crippen LogP contribution in [0.25, 0.3) is 10.3 Å². The molecule has 2 aromatic carbocycles. The van der Waals surface area contributed by atoms with Gasteiger partial charge in [0.25, 0.3) is 0 Å². The number of thiazole rings is 1. The van der Waals surface area contributed by atoms with Gasteiger partial charge in [-0.2, -0.15) is 0 Å². The van der Waals surface area contributed by atoms with Gasteiger partial charge in [-0.3, -0.25) is 0 Å². The van der Waals surface area contributed by atoms with Crippen molar-refractivity contribution in [2.75, 3.05) is 11.6 Å². The number of benzene rings is 2. The minimum Gasteiger partial charge on any atom is -0.338 e. The normalized spacial score (nSPS) is 11.0. The van der Waals surface area contributed by atoms with Gasteiger partial charge in [0.05, 0.1) is 5.69 Å². The fourth-order valence-corrected chi connectivity index (χ4v) is 4.85. The monoisotopic (exact) mass is 396 g/mol. The van der Waals surface area contributed by atoms with Gasteiger partial charge >= 0.3 is 0 Å². The van der Waals surface area contributed by atoms with Gasteiger partial charge in [0, 0.05) is 9.79 Å². The Morgan fingerprint density at radius 2 is 1.88 bits per heavy atom. The Labute approximate surface area is 164 Å². The molecule has 2 heterocycles. The Balaban J connectivity index is 1.72. The maximum atomic E-state index is 4.53. The number of fused-ring (bicyclic) bond motifs is 1. The lowest BCUT2D eigenvalue weighted by Gasteiger charge is -2.12. The van der Waals surface area contributed by atoms with Crippen molar-refractivity contribution in [3.05, 3.63) is 60.4 Å². The topological polar surface area (TPSA) is 50.7 Å². The summed E-state index contributed by atoms with van der Waals surface area (Å²) in [5.41, 5.74) is 2.98. The number of nitrogens with one attached hydrogen (secondary N) is 1. The summed E-state index contributed by atoms with van der Waals surface area (Å²) in [6.45, 7) is 2.09. The van der Waals surface area contributed by atoms with Crippen LogP contribution in [0.15, 0.2) is 69.0 Å². The van der Waals surface area contributed by atoms with E-state index in [1.807, 2.05) is 12.3 Å². The summed E-state index contributed by atoms with van der Waals surface area (Å²) >= 11 is 4.97. The minimum atomic E-state index is 0.738. The van der Waals surface area contributed by atoms with E-state index < -0.39 is 0 Å². The summed E-state index contributed by atoms with van der Waals surface area (Å²) < 4.78 is 1.97. The first-order valence-corrected chi connectivity index (χ1v) is 10.8. The highest BCUT2D eigenvalue weighted by Gasteiger charge is 2.12. The molecule has 4 aromatic rings. The Bertz CT molecular complexity index is 1050. The summed E-state index contributed by atoms with van der Waals surface area (Å²) in [5, 5.41) is 3.50. The largest absolute Gasteiger partial charge is 0.338 e. The molecule has 0 spiro atoms. The molecule has 0 atom stereocenters. The van der Waals surface area contributed by atoms with E-state index in [0.717, 1.165) is 31.1 Å². The van der Waals surface area contributed by atoms with E-state index in [-0.39, 0.29) is 0 Å². The van der Waals surface area contributed by atoms with Crippen LogP contribution in [0.4, 0.5) is 11.5 Å². The van der Waals surface area contributed by atoms with Crippen LogP contribution in [-0.4, -0.2) is 21.2 Å². The molecule has 130 valence electrons. The number of nitrogens with zero attached hydrogens (tertiary/aromatic N) is 3. The average molecular weight is 397 g/mol. The molecule has 26 heavy (non-hydrogen) atoms. The van der Waals surface area contributed by atoms with Crippen LogP contribution in [0.2, 0.25) is 0 Å². The summed E-state index contributed by atoms with van der Waals surface area (Å²) in [7, 11) is 0. The van der Waals surface area contributed by atoms with Crippen molar-refractivity contribution in [1.82, 2.24) is 15.0 Å². The highest BCUT2D eigenvalue weighted by molar-refractivity contribution is 8.00. The SMILES string of the molecule is CSc1nc2ncnc(Nc3cc(C)ccc3Sc3ccccc3)c2s1. The van der Waals surface area contributed by atoms with E-state index in [1.54, 1.807) is 41.2 Å². The molecule has 0 bridgehead atoms. The zero-order chi connectivity index (χ0) is 17.9. The molecule has 4 rings (SSSR count). The van der Waals surface area contributed by atoms with Crippen LogP contribution in [0, 0.1) is 6.92 Å². The van der Waals surface area contributed by atoms with Gasteiger partial charge in [-0.15, -0.1) is 11.3 Å². The highest BCUT2D eigenvalue weighted by atomic mass is 32.2. The smallest absolute Gasteiger partial charge is 0.176 e. The van der Waals surface area contributed by atoms with Crippen molar-refractivity contribution in [3.63, 3.8) is 0 Å². The zero-order valence-electron chi connectivity index (χ0n) is 14.3. The Kier molecular flexibility index (Phi) is 5.10. The molecule has 0 amide bonds. The number of rotatable bonds is 5. The van der Waals surface area contributed by atoms with Crippen molar-refractivity contribution in [3.8, 4) is 0 Å². The van der Waals surface area contributed by atoms with Crippen molar-refractivity contribution in [2.45, 2.75) is 21.1 Å². The molecule has 0 saturated heterocycles. The quantitative estimate of drug-likeness (QED) is 0.417. The summed E-state index contributed by atoms with van der Waals surface area (Å²) in [4.78, 5) is 15.6. The first kappa shape index (κ1) is 17.3. The van der Waals surface area contributed by atoms with E-state index >= 15 is 0 Å². The first-order chi connectivity index (χ1) is 12.7. The maximum Gasteiger partial charge on any atom is 0.176 e. The molecule has 0 radical (unpaired) electrons. The molecule has 0 unspecified atom stereocenters. The highest BCUT2D eigenvalue weighted by Crippen LogP contribution is 2.37. The van der Waals surface area contributed by atoms with Crippen LogP contribution >= 0.6 is 34.9 Å². The fourth-order valence-electron chi connectivity index (χ4n) is 2.48. The molecule has 0 fully saturated rings. The van der Waals surface area contributed by atoms with Crippen LogP contribution in [0.1, 0.15) is 5.56 Å². The van der Waals surface area contributed by atoms with Gasteiger partial charge in [0.15, 0.2) is 15.8 Å². The molecule has 7 heteroatoms. The lowest BCUT2D eigenvalue weighted by molar-refractivity contribution is 1.17. The Hall–Kier alpha value is -2.09. The Morgan fingerprint density at radius 1 is 1.04 bits per heavy atom. The third-order valence-corrected chi connectivity index (χ3v) is 6.83. The maximum absolute atomic E-state index is 4.53. The second-order valence-electron chi connectivity index (χ2n) is 5.60. The fraction of sp³-hybridized carbons (Fsp3) is 0.105. The molecule has 0 saturated carbocycles. The zero-order valence-corrected chi connectivity index (χ0v) is 16.7. The van der Waals surface area contributed by atoms with Gasteiger partial charge in [-0.25, -0.2) is 15.0 Å². The lowest BCUT2D eigenvalue weighted by atomic mass is 10.2. The molecular formula is C19H16N4S3. The third-order valence-electron chi connectivity index (χ3n) is 3.71. The standard InChI is InChI=1S/C19H16N4S3/c1-12-8-9-15(25-13-6-4-3-5-7-13)14(10-12)22-17-16-18(21-11-20-17)23-19(24-2)26-16/h3-11H,1-2H3,(H,20,21,22). The van der Waals surface area contributed by atoms with Gasteiger partial charge in [-0.05, 0) is 43.0 Å². The number of anilines is 2. The van der Waals surface area contributed by atoms with Crippen LogP contribution < -0.4 is 5.32 Å². The van der Waals surface area contributed by atoms with Gasteiger partial charge in [0.1, 0.15) is 11.0 Å². The Morgan fingerprint density at radius 3 is 2.69 bits per heavy atom. The predicted octanol–water partition coefficient (Wildman–Crippen LogP) is 6.01. The van der Waals surface area contributed by atoms with Crippen LogP contribution in [0.5, 0.6) is 0 Å². The third kappa shape index (κ3) is 3.70. The van der Waals surface area contributed by atoms with Crippen molar-refractivity contribution in [2.24, 2.45) is 0 Å². The van der Waals surface area contributed by atoms with E-state index in [0.29, 0.717) is 0 Å². The molecule has 0 aliphatic rings. The molecule has 2 aromatic heterocycles. The molecule has 0 aliphatic heterocycles. The second kappa shape index (κ2) is 7.65. The number of hydrogen-bond donors (Lipinski definition) is 1. The number of hydrogen-bond acceptors (Lipinski definition) is 7. The second-order valence-corrected chi connectivity index (χ2v) is 8.77. The molecule has 0 aliphatic carbocycles. The van der Waals surface area contributed by atoms with Gasteiger partial charge in [-0.1, -0.05) is 47.8 Å². The van der Waals surface area contributed by atoms with E-state index in [1.165, 1.54) is 10.5 Å². The van der Waals surface area contributed by atoms with Crippen molar-refractivity contribution in [1.29, 1.82) is 0 Å². The number of thioether (sulfide) groups is 1. The lowest BCUT2D eigenvalue weighted by Crippen LogP contribution is -1.97. The van der Waals surface area contributed by atoms with Crippen molar-refractivity contribution >= 4 is 56.7 Å². The average Bonchev–Trinajstić information content (AvgIpc) is 3.09. The molecule has 1 N–H and O–H groups in total. The van der Waals surface area contributed by atoms with Crippen molar-refractivity contribution < 1.29 is 0 Å². The molecule has 4 nitrogen and oxygen atoms in total. The summed E-state index contributed by atoms with van der Waals surface area (Å²) in [6.07, 6.45) is 3.59. The minimum absolute atomic E-state index is 0.738. The number of aryl methyl sites for hydroxylation is 1. The summed E-state index contributed by atoms with van der Waals surface area (Å²) in [5.74, 6) is 0.799. The summed E-state index contributed by atoms with van der Waals surface area (Å²) in [6, 6.07) is 16.8. The molecular weight excluding hydrogens is 380 g/mol. The van der Waals surface area contributed by atoms with Crippen LogP contribution in [-0.2, 0) is 0 Å². The van der Waals surface area contributed by atoms with Gasteiger partial charge in [0.2, 0.25) is 0 Å². The van der Waals surface area contributed by atoms with Crippen LogP contribution in [0.3, 0.4) is 0 Å². The van der Waals surface area contributed by atoms with E-state index in [9.17, 15) is 0 Å².